The molecule has 98 valence electrons. The molecular weight excluding hydrogens is 262 g/mol. The summed E-state index contributed by atoms with van der Waals surface area (Å²) in [6.45, 7) is 1.39. The number of nitrogens with zero attached hydrogens (tertiary/aromatic N) is 4. The highest BCUT2D eigenvalue weighted by atomic mass is 32.1. The number of methoxy groups -OCH3 is 1. The van der Waals surface area contributed by atoms with Crippen LogP contribution in [0.4, 0.5) is 5.13 Å². The van der Waals surface area contributed by atoms with Crippen LogP contribution in [0.15, 0.2) is 30.7 Å². The Morgan fingerprint density at radius 3 is 3.16 bits per heavy atom. The summed E-state index contributed by atoms with van der Waals surface area (Å²) >= 11 is 1.52. The number of ether oxygens (including phenoxy) is 1. The zero-order valence-electron chi connectivity index (χ0n) is 10.4. The Kier molecular flexibility index (Phi) is 3.39. The smallest absolute Gasteiger partial charge is 0.214 e. The Morgan fingerprint density at radius 1 is 1.47 bits per heavy atom. The van der Waals surface area contributed by atoms with Crippen molar-refractivity contribution in [2.45, 2.75) is 0 Å². The van der Waals surface area contributed by atoms with Gasteiger partial charge in [0.25, 0.3) is 0 Å². The second-order valence-electron chi connectivity index (χ2n) is 3.92. The molecule has 7 heteroatoms. The minimum Gasteiger partial charge on any atom is -0.383 e. The van der Waals surface area contributed by atoms with Crippen LogP contribution in [0.2, 0.25) is 0 Å². The van der Waals surface area contributed by atoms with Gasteiger partial charge in [0, 0.05) is 31.6 Å². The number of rotatable bonds is 5. The summed E-state index contributed by atoms with van der Waals surface area (Å²) in [6, 6.07) is 3.88. The molecule has 0 spiro atoms. The van der Waals surface area contributed by atoms with Crippen LogP contribution in [0, 0.1) is 0 Å². The molecule has 0 aliphatic carbocycles. The fourth-order valence-electron chi connectivity index (χ4n) is 1.68. The minimum absolute atomic E-state index is 0.656. The molecule has 0 bridgehead atoms. The molecule has 3 aromatic heterocycles. The molecule has 0 aromatic carbocycles. The van der Waals surface area contributed by atoms with Gasteiger partial charge in [-0.05, 0) is 12.1 Å². The van der Waals surface area contributed by atoms with E-state index in [1.165, 1.54) is 11.3 Å². The van der Waals surface area contributed by atoms with Crippen LogP contribution in [0.25, 0.3) is 16.2 Å². The van der Waals surface area contributed by atoms with Crippen molar-refractivity contribution < 1.29 is 4.74 Å². The lowest BCUT2D eigenvalue weighted by Gasteiger charge is -1.98. The van der Waals surface area contributed by atoms with E-state index in [9.17, 15) is 0 Å². The van der Waals surface area contributed by atoms with E-state index in [0.717, 1.165) is 27.9 Å². The second kappa shape index (κ2) is 5.33. The van der Waals surface area contributed by atoms with Crippen molar-refractivity contribution in [2.75, 3.05) is 25.6 Å². The molecule has 1 N–H and O–H groups in total. The van der Waals surface area contributed by atoms with Crippen molar-refractivity contribution in [1.29, 1.82) is 0 Å². The molecule has 19 heavy (non-hydrogen) atoms. The van der Waals surface area contributed by atoms with Crippen molar-refractivity contribution in [1.82, 2.24) is 19.6 Å². The SMILES string of the molecule is COCCNc1nn2cc(-c3cccnc3)nc2s1. The van der Waals surface area contributed by atoms with Crippen LogP contribution in [0.3, 0.4) is 0 Å². The highest BCUT2D eigenvalue weighted by Gasteiger charge is 2.09. The van der Waals surface area contributed by atoms with E-state index in [0.29, 0.717) is 6.61 Å². The summed E-state index contributed by atoms with van der Waals surface area (Å²) in [7, 11) is 1.68. The zero-order chi connectivity index (χ0) is 13.1. The van der Waals surface area contributed by atoms with Crippen LogP contribution < -0.4 is 5.32 Å². The topological polar surface area (TPSA) is 64.3 Å². The third kappa shape index (κ3) is 2.56. The average molecular weight is 275 g/mol. The Labute approximate surface area is 114 Å². The molecule has 3 rings (SSSR count). The van der Waals surface area contributed by atoms with E-state index in [4.69, 9.17) is 4.74 Å². The van der Waals surface area contributed by atoms with Gasteiger partial charge >= 0.3 is 0 Å². The number of imidazole rings is 1. The van der Waals surface area contributed by atoms with Gasteiger partial charge in [0.15, 0.2) is 0 Å². The molecular formula is C12H13N5OS. The number of anilines is 1. The normalized spacial score (nSPS) is 11.0. The van der Waals surface area contributed by atoms with E-state index in [-0.39, 0.29) is 0 Å². The van der Waals surface area contributed by atoms with Crippen molar-refractivity contribution in [2.24, 2.45) is 0 Å². The molecule has 0 aliphatic rings. The molecule has 3 heterocycles. The number of pyridine rings is 1. The third-order valence-corrected chi connectivity index (χ3v) is 3.46. The molecule has 3 aromatic rings. The molecule has 0 unspecified atom stereocenters. The van der Waals surface area contributed by atoms with Crippen molar-refractivity contribution in [3.63, 3.8) is 0 Å². The maximum atomic E-state index is 4.98. The highest BCUT2D eigenvalue weighted by molar-refractivity contribution is 7.20. The number of fused-ring (bicyclic) bond motifs is 1. The standard InChI is InChI=1S/C12H13N5OS/c1-18-6-5-14-11-16-17-8-10(15-12(17)19-11)9-3-2-4-13-7-9/h2-4,7-8H,5-6H2,1H3,(H,14,16). The number of aromatic nitrogens is 4. The second-order valence-corrected chi connectivity index (χ2v) is 4.88. The van der Waals surface area contributed by atoms with Crippen molar-refractivity contribution >= 4 is 21.4 Å². The molecule has 0 saturated carbocycles. The molecule has 6 nitrogen and oxygen atoms in total. The Balaban J connectivity index is 1.82. The molecule has 0 saturated heterocycles. The Hall–Kier alpha value is -1.99. The summed E-state index contributed by atoms with van der Waals surface area (Å²) in [5, 5.41) is 8.45. The molecule has 0 fully saturated rings. The third-order valence-electron chi connectivity index (χ3n) is 2.58. The lowest BCUT2D eigenvalue weighted by molar-refractivity contribution is 0.210. The molecule has 0 radical (unpaired) electrons. The van der Waals surface area contributed by atoms with Crippen molar-refractivity contribution in [3.8, 4) is 11.3 Å². The molecule has 0 aliphatic heterocycles. The fourth-order valence-corrected chi connectivity index (χ4v) is 2.49. The quantitative estimate of drug-likeness (QED) is 0.721. The van der Waals surface area contributed by atoms with Gasteiger partial charge in [0.05, 0.1) is 18.5 Å². The number of hydrogen-bond acceptors (Lipinski definition) is 6. The maximum Gasteiger partial charge on any atom is 0.214 e. The summed E-state index contributed by atoms with van der Waals surface area (Å²) in [5.74, 6) is 0. The van der Waals surface area contributed by atoms with E-state index >= 15 is 0 Å². The Morgan fingerprint density at radius 2 is 2.42 bits per heavy atom. The summed E-state index contributed by atoms with van der Waals surface area (Å²) in [4.78, 5) is 9.49. The lowest BCUT2D eigenvalue weighted by Crippen LogP contribution is -2.07. The van der Waals surface area contributed by atoms with Gasteiger partial charge in [-0.3, -0.25) is 4.98 Å². The predicted octanol–water partition coefficient (Wildman–Crippen LogP) is 1.91. The number of hydrogen-bond donors (Lipinski definition) is 1. The van der Waals surface area contributed by atoms with Gasteiger partial charge in [-0.1, -0.05) is 11.3 Å². The van der Waals surface area contributed by atoms with Crippen LogP contribution >= 0.6 is 11.3 Å². The first-order valence-electron chi connectivity index (χ1n) is 5.86. The highest BCUT2D eigenvalue weighted by Crippen LogP contribution is 2.23. The van der Waals surface area contributed by atoms with Gasteiger partial charge in [-0.25, -0.2) is 9.50 Å². The molecule has 0 atom stereocenters. The van der Waals surface area contributed by atoms with E-state index in [1.54, 1.807) is 24.0 Å². The molecule has 0 amide bonds. The van der Waals surface area contributed by atoms with Crippen molar-refractivity contribution in [3.05, 3.63) is 30.7 Å². The number of nitrogens with one attached hydrogen (secondary N) is 1. The zero-order valence-corrected chi connectivity index (χ0v) is 11.2. The van der Waals surface area contributed by atoms with Gasteiger partial charge in [-0.15, -0.1) is 5.10 Å². The van der Waals surface area contributed by atoms with E-state index in [2.05, 4.69) is 20.4 Å². The maximum absolute atomic E-state index is 4.98. The van der Waals surface area contributed by atoms with E-state index in [1.807, 2.05) is 18.3 Å². The Bertz CT molecular complexity index is 632. The van der Waals surface area contributed by atoms with Crippen LogP contribution in [0.5, 0.6) is 0 Å². The van der Waals surface area contributed by atoms with E-state index < -0.39 is 0 Å². The summed E-state index contributed by atoms with van der Waals surface area (Å²) in [6.07, 6.45) is 5.45. The van der Waals surface area contributed by atoms with Gasteiger partial charge < -0.3 is 10.1 Å². The lowest BCUT2D eigenvalue weighted by atomic mass is 10.2. The first-order valence-corrected chi connectivity index (χ1v) is 6.68. The van der Waals surface area contributed by atoms with Crippen LogP contribution in [-0.4, -0.2) is 39.8 Å². The summed E-state index contributed by atoms with van der Waals surface area (Å²) < 4.78 is 6.76. The van der Waals surface area contributed by atoms with Gasteiger partial charge in [-0.2, -0.15) is 0 Å². The largest absolute Gasteiger partial charge is 0.383 e. The van der Waals surface area contributed by atoms with Gasteiger partial charge in [0.1, 0.15) is 0 Å². The van der Waals surface area contributed by atoms with Crippen LogP contribution in [-0.2, 0) is 4.74 Å². The monoisotopic (exact) mass is 275 g/mol. The minimum atomic E-state index is 0.656. The van der Waals surface area contributed by atoms with Gasteiger partial charge in [0.2, 0.25) is 10.1 Å². The first kappa shape index (κ1) is 12.1. The predicted molar refractivity (Wildman–Crippen MR) is 74.5 cm³/mol. The first-order chi connectivity index (χ1) is 9.36. The average Bonchev–Trinajstić information content (AvgIpc) is 2.98. The summed E-state index contributed by atoms with van der Waals surface area (Å²) in [5.41, 5.74) is 1.88. The van der Waals surface area contributed by atoms with Crippen LogP contribution in [0.1, 0.15) is 0 Å². The fraction of sp³-hybridized carbons (Fsp3) is 0.250.